The molecule has 0 saturated heterocycles. The Hall–Kier alpha value is -1.37. The van der Waals surface area contributed by atoms with Crippen LogP contribution >= 0.6 is 38.9 Å². The van der Waals surface area contributed by atoms with Crippen molar-refractivity contribution < 1.29 is 4.52 Å². The van der Waals surface area contributed by atoms with Gasteiger partial charge >= 0.3 is 0 Å². The second-order valence-electron chi connectivity index (χ2n) is 3.77. The maximum atomic E-state index is 6.10. The van der Waals surface area contributed by atoms with Gasteiger partial charge in [0.1, 0.15) is 0 Å². The molecule has 0 aliphatic heterocycles. The van der Waals surface area contributed by atoms with Crippen molar-refractivity contribution in [1.29, 1.82) is 0 Å². The van der Waals surface area contributed by atoms with Crippen molar-refractivity contribution in [2.45, 2.75) is 0 Å². The summed E-state index contributed by atoms with van der Waals surface area (Å²) in [5.41, 5.74) is 6.96. The van der Waals surface area contributed by atoms with Gasteiger partial charge in [0.15, 0.2) is 0 Å². The van der Waals surface area contributed by atoms with E-state index in [9.17, 15) is 0 Å². The van der Waals surface area contributed by atoms with E-state index in [1.165, 1.54) is 11.3 Å². The minimum Gasteiger partial charge on any atom is -0.399 e. The lowest BCUT2D eigenvalue weighted by molar-refractivity contribution is 0.432. The van der Waals surface area contributed by atoms with E-state index in [0.29, 0.717) is 28.0 Å². The van der Waals surface area contributed by atoms with E-state index in [-0.39, 0.29) is 0 Å². The van der Waals surface area contributed by atoms with E-state index in [4.69, 9.17) is 21.9 Å². The van der Waals surface area contributed by atoms with E-state index in [0.717, 1.165) is 8.66 Å². The van der Waals surface area contributed by atoms with Crippen LogP contribution in [0.2, 0.25) is 5.02 Å². The normalized spacial score (nSPS) is 10.8. The van der Waals surface area contributed by atoms with Gasteiger partial charge in [0, 0.05) is 5.69 Å². The molecular weight excluding hydrogens is 350 g/mol. The van der Waals surface area contributed by atoms with Crippen molar-refractivity contribution in [1.82, 2.24) is 10.1 Å². The summed E-state index contributed by atoms with van der Waals surface area (Å²) in [5.74, 6) is 0.890. The average Bonchev–Trinajstić information content (AvgIpc) is 3.00. The third-order valence-corrected chi connectivity index (χ3v) is 4.39. The maximum Gasteiger partial charge on any atom is 0.259 e. The number of thiophene rings is 1. The first-order valence-corrected chi connectivity index (χ1v) is 7.27. The number of aromatic nitrogens is 2. The zero-order valence-electron chi connectivity index (χ0n) is 9.43. The van der Waals surface area contributed by atoms with Crippen LogP contribution in [0.15, 0.2) is 38.6 Å². The quantitative estimate of drug-likeness (QED) is 0.688. The fraction of sp³-hybridized carbons (Fsp3) is 0. The molecule has 3 aromatic rings. The number of benzene rings is 1. The Morgan fingerprint density at radius 2 is 2.11 bits per heavy atom. The molecule has 1 aromatic carbocycles. The maximum absolute atomic E-state index is 6.10. The van der Waals surface area contributed by atoms with Gasteiger partial charge in [-0.25, -0.2) is 0 Å². The standard InChI is InChI=1S/C12H7BrClN3OS/c13-10-4-3-9(19-10)11-16-12(18-17-11)7-5-6(15)1-2-8(7)14/h1-5H,15H2. The van der Waals surface area contributed by atoms with Crippen LogP contribution in [0.5, 0.6) is 0 Å². The number of halogens is 2. The summed E-state index contributed by atoms with van der Waals surface area (Å²) in [7, 11) is 0. The van der Waals surface area contributed by atoms with Gasteiger partial charge in [-0.05, 0) is 46.3 Å². The van der Waals surface area contributed by atoms with Gasteiger partial charge in [0.05, 0.1) is 19.2 Å². The van der Waals surface area contributed by atoms with Crippen molar-refractivity contribution in [3.05, 3.63) is 39.1 Å². The predicted octanol–water partition coefficient (Wildman–Crippen LogP) is 4.46. The molecule has 2 aromatic heterocycles. The third kappa shape index (κ3) is 2.51. The number of anilines is 1. The highest BCUT2D eigenvalue weighted by Crippen LogP contribution is 2.33. The zero-order valence-corrected chi connectivity index (χ0v) is 12.6. The SMILES string of the molecule is Nc1ccc(Cl)c(-c2nc(-c3ccc(Br)s3)no2)c1. The van der Waals surface area contributed by atoms with E-state index >= 15 is 0 Å². The summed E-state index contributed by atoms with van der Waals surface area (Å²) < 4.78 is 6.25. The minimum atomic E-state index is 0.358. The first-order valence-electron chi connectivity index (χ1n) is 5.28. The van der Waals surface area contributed by atoms with Gasteiger partial charge in [0.25, 0.3) is 5.89 Å². The van der Waals surface area contributed by atoms with Crippen LogP contribution in [-0.4, -0.2) is 10.1 Å². The molecule has 0 bridgehead atoms. The Bertz CT molecular complexity index is 740. The van der Waals surface area contributed by atoms with Crippen LogP contribution < -0.4 is 5.73 Å². The molecule has 19 heavy (non-hydrogen) atoms. The number of hydrogen-bond acceptors (Lipinski definition) is 5. The van der Waals surface area contributed by atoms with Crippen LogP contribution in [-0.2, 0) is 0 Å². The van der Waals surface area contributed by atoms with E-state index < -0.39 is 0 Å². The smallest absolute Gasteiger partial charge is 0.259 e. The molecule has 4 nitrogen and oxygen atoms in total. The Labute approximate surface area is 126 Å². The molecule has 0 radical (unpaired) electrons. The highest BCUT2D eigenvalue weighted by Gasteiger charge is 2.14. The van der Waals surface area contributed by atoms with Crippen LogP contribution in [0.3, 0.4) is 0 Å². The molecule has 0 aliphatic carbocycles. The zero-order chi connectivity index (χ0) is 13.4. The summed E-state index contributed by atoms with van der Waals surface area (Å²) in [4.78, 5) is 5.26. The topological polar surface area (TPSA) is 64.9 Å². The fourth-order valence-corrected chi connectivity index (χ4v) is 3.08. The molecule has 3 rings (SSSR count). The summed E-state index contributed by atoms with van der Waals surface area (Å²) in [6.45, 7) is 0. The molecule has 0 aliphatic rings. The molecule has 2 N–H and O–H groups in total. The summed E-state index contributed by atoms with van der Waals surface area (Å²) >= 11 is 11.0. The second-order valence-corrected chi connectivity index (χ2v) is 6.64. The van der Waals surface area contributed by atoms with Crippen molar-refractivity contribution in [2.75, 3.05) is 5.73 Å². The van der Waals surface area contributed by atoms with E-state index in [1.807, 2.05) is 12.1 Å². The molecule has 2 heterocycles. The van der Waals surface area contributed by atoms with Gasteiger partial charge in [-0.3, -0.25) is 0 Å². The van der Waals surface area contributed by atoms with Gasteiger partial charge in [-0.1, -0.05) is 16.8 Å². The summed E-state index contributed by atoms with van der Waals surface area (Å²) in [6, 6.07) is 9.00. The van der Waals surface area contributed by atoms with Gasteiger partial charge < -0.3 is 10.3 Å². The van der Waals surface area contributed by atoms with Gasteiger partial charge in [-0.2, -0.15) is 4.98 Å². The number of hydrogen-bond donors (Lipinski definition) is 1. The second kappa shape index (κ2) is 4.96. The molecular formula is C12H7BrClN3OS. The lowest BCUT2D eigenvalue weighted by Gasteiger charge is -1.99. The lowest BCUT2D eigenvalue weighted by atomic mass is 10.2. The van der Waals surface area contributed by atoms with Crippen LogP contribution in [0.1, 0.15) is 0 Å². The lowest BCUT2D eigenvalue weighted by Crippen LogP contribution is -1.86. The number of nitrogen functional groups attached to an aromatic ring is 1. The van der Waals surface area contributed by atoms with E-state index in [1.54, 1.807) is 18.2 Å². The number of rotatable bonds is 2. The first-order chi connectivity index (χ1) is 9.13. The van der Waals surface area contributed by atoms with Crippen LogP contribution in [0, 0.1) is 0 Å². The Balaban J connectivity index is 2.03. The highest BCUT2D eigenvalue weighted by molar-refractivity contribution is 9.11. The number of nitrogens with two attached hydrogens (primary N) is 1. The first kappa shape index (κ1) is 12.7. The van der Waals surface area contributed by atoms with Crippen LogP contribution in [0.25, 0.3) is 22.2 Å². The van der Waals surface area contributed by atoms with Crippen molar-refractivity contribution in [3.63, 3.8) is 0 Å². The van der Waals surface area contributed by atoms with Crippen molar-refractivity contribution in [2.24, 2.45) is 0 Å². The molecule has 0 unspecified atom stereocenters. The molecule has 0 spiro atoms. The third-order valence-electron chi connectivity index (χ3n) is 2.44. The molecule has 0 saturated carbocycles. The Morgan fingerprint density at radius 3 is 2.84 bits per heavy atom. The largest absolute Gasteiger partial charge is 0.399 e. The van der Waals surface area contributed by atoms with Crippen LogP contribution in [0.4, 0.5) is 5.69 Å². The van der Waals surface area contributed by atoms with Crippen molar-refractivity contribution in [3.8, 4) is 22.2 Å². The van der Waals surface area contributed by atoms with E-state index in [2.05, 4.69) is 26.1 Å². The highest BCUT2D eigenvalue weighted by atomic mass is 79.9. The minimum absolute atomic E-state index is 0.358. The van der Waals surface area contributed by atoms with Crippen molar-refractivity contribution >= 4 is 44.6 Å². The molecule has 0 atom stereocenters. The van der Waals surface area contributed by atoms with Gasteiger partial charge in [0.2, 0.25) is 5.82 Å². The predicted molar refractivity (Wildman–Crippen MR) is 80.2 cm³/mol. The Kier molecular flexibility index (Phi) is 3.30. The fourth-order valence-electron chi connectivity index (χ4n) is 1.57. The monoisotopic (exact) mass is 355 g/mol. The number of nitrogens with zero attached hydrogens (tertiary/aromatic N) is 2. The molecule has 7 heteroatoms. The summed E-state index contributed by atoms with van der Waals surface area (Å²) in [5, 5.41) is 4.48. The Morgan fingerprint density at radius 1 is 1.26 bits per heavy atom. The van der Waals surface area contributed by atoms with Gasteiger partial charge in [-0.15, -0.1) is 11.3 Å². The summed E-state index contributed by atoms with van der Waals surface area (Å²) in [6.07, 6.45) is 0. The molecule has 0 fully saturated rings. The average molecular weight is 357 g/mol. The molecule has 0 amide bonds. The molecule has 96 valence electrons.